The molecule has 0 aliphatic carbocycles. The minimum atomic E-state index is 0.381. The normalized spacial score (nSPS) is 13.8. The molecule has 0 aliphatic rings. The average Bonchev–Trinajstić information content (AvgIpc) is 2.36. The van der Waals surface area contributed by atoms with Gasteiger partial charge in [-0.25, -0.2) is 0 Å². The second-order valence-corrected chi connectivity index (χ2v) is 6.96. The maximum Gasteiger partial charge on any atom is 0.0292 e. The van der Waals surface area contributed by atoms with Crippen molar-refractivity contribution in [2.45, 2.75) is 60.4 Å². The molecule has 0 aromatic heterocycles. The predicted octanol–water partition coefficient (Wildman–Crippen LogP) is 4.97. The van der Waals surface area contributed by atoms with Gasteiger partial charge < -0.3 is 5.32 Å². The van der Waals surface area contributed by atoms with Gasteiger partial charge in [0.15, 0.2) is 0 Å². The van der Waals surface area contributed by atoms with Crippen LogP contribution in [0.5, 0.6) is 0 Å². The van der Waals surface area contributed by atoms with E-state index in [9.17, 15) is 0 Å². The van der Waals surface area contributed by atoms with Crippen molar-refractivity contribution in [3.8, 4) is 0 Å². The lowest BCUT2D eigenvalue weighted by molar-refractivity contribution is 0.314. The highest BCUT2D eigenvalue weighted by molar-refractivity contribution is 5.25. The first-order valence-electron chi connectivity index (χ1n) is 7.66. The largest absolute Gasteiger partial charge is 0.310 e. The molecule has 0 radical (unpaired) electrons. The minimum Gasteiger partial charge on any atom is -0.310 e. The van der Waals surface area contributed by atoms with Crippen molar-refractivity contribution >= 4 is 0 Å². The molecule has 108 valence electrons. The van der Waals surface area contributed by atoms with Gasteiger partial charge in [0, 0.05) is 12.6 Å². The van der Waals surface area contributed by atoms with Gasteiger partial charge in [0.25, 0.3) is 0 Å². The van der Waals surface area contributed by atoms with Gasteiger partial charge in [-0.3, -0.25) is 0 Å². The summed E-state index contributed by atoms with van der Waals surface area (Å²) in [5.41, 5.74) is 3.21. The van der Waals surface area contributed by atoms with Crippen LogP contribution in [-0.2, 0) is 6.42 Å². The molecule has 1 rings (SSSR count). The number of nitrogens with one attached hydrogen (secondary N) is 1. The molecule has 0 aliphatic heterocycles. The summed E-state index contributed by atoms with van der Waals surface area (Å²) < 4.78 is 0. The molecule has 1 N–H and O–H groups in total. The summed E-state index contributed by atoms with van der Waals surface area (Å²) in [6.07, 6.45) is 2.38. The van der Waals surface area contributed by atoms with E-state index in [1.807, 2.05) is 0 Å². The summed E-state index contributed by atoms with van der Waals surface area (Å²) in [6, 6.07) is 9.53. The Morgan fingerprint density at radius 2 is 1.63 bits per heavy atom. The second-order valence-electron chi connectivity index (χ2n) is 6.96. The van der Waals surface area contributed by atoms with Crippen molar-refractivity contribution in [1.82, 2.24) is 5.32 Å². The van der Waals surface area contributed by atoms with E-state index >= 15 is 0 Å². The molecule has 19 heavy (non-hydrogen) atoms. The molecule has 0 spiro atoms. The van der Waals surface area contributed by atoms with Crippen LogP contribution in [0.2, 0.25) is 0 Å². The molecular weight excluding hydrogens is 230 g/mol. The number of benzene rings is 1. The van der Waals surface area contributed by atoms with Crippen molar-refractivity contribution in [2.75, 3.05) is 6.54 Å². The lowest BCUT2D eigenvalue weighted by atomic mass is 9.90. The second kappa shape index (κ2) is 7.09. The van der Waals surface area contributed by atoms with Crippen molar-refractivity contribution in [3.05, 3.63) is 35.4 Å². The van der Waals surface area contributed by atoms with Crippen LogP contribution in [0.3, 0.4) is 0 Å². The van der Waals surface area contributed by atoms with Crippen molar-refractivity contribution in [1.29, 1.82) is 0 Å². The van der Waals surface area contributed by atoms with Crippen LogP contribution < -0.4 is 5.32 Å². The van der Waals surface area contributed by atoms with Gasteiger partial charge in [-0.05, 0) is 42.2 Å². The number of hydrogen-bond donors (Lipinski definition) is 1. The highest BCUT2D eigenvalue weighted by Gasteiger charge is 2.16. The van der Waals surface area contributed by atoms with Crippen LogP contribution in [-0.4, -0.2) is 6.54 Å². The molecule has 1 heteroatoms. The maximum absolute atomic E-state index is 3.65. The molecule has 1 nitrogen and oxygen atoms in total. The Kier molecular flexibility index (Phi) is 6.06. The van der Waals surface area contributed by atoms with Gasteiger partial charge in [-0.15, -0.1) is 0 Å². The SMILES string of the molecule is CCC(C)(C)CNC(C)c1ccc(CC(C)C)cc1. The molecule has 1 aromatic rings. The average molecular weight is 261 g/mol. The highest BCUT2D eigenvalue weighted by atomic mass is 14.9. The Morgan fingerprint density at radius 3 is 2.11 bits per heavy atom. The Hall–Kier alpha value is -0.820. The Balaban J connectivity index is 2.55. The molecule has 1 aromatic carbocycles. The standard InChI is InChI=1S/C18H31N/c1-7-18(5,6)13-19-15(4)17-10-8-16(9-11-17)12-14(2)3/h8-11,14-15,19H,7,12-13H2,1-6H3. The summed E-state index contributed by atoms with van der Waals surface area (Å²) in [5, 5.41) is 3.65. The van der Waals surface area contributed by atoms with Gasteiger partial charge in [-0.1, -0.05) is 58.9 Å². The lowest BCUT2D eigenvalue weighted by Crippen LogP contribution is -2.30. The zero-order chi connectivity index (χ0) is 14.5. The topological polar surface area (TPSA) is 12.0 Å². The summed E-state index contributed by atoms with van der Waals surface area (Å²) in [7, 11) is 0. The third kappa shape index (κ3) is 5.78. The van der Waals surface area contributed by atoms with Crippen LogP contribution in [0.25, 0.3) is 0 Å². The Bertz CT molecular complexity index is 362. The van der Waals surface area contributed by atoms with E-state index in [1.165, 1.54) is 24.0 Å². The molecule has 0 heterocycles. The lowest BCUT2D eigenvalue weighted by Gasteiger charge is -2.26. The molecule has 1 atom stereocenters. The van der Waals surface area contributed by atoms with Crippen LogP contribution in [0.1, 0.15) is 65.1 Å². The third-order valence-electron chi connectivity index (χ3n) is 3.97. The van der Waals surface area contributed by atoms with Crippen molar-refractivity contribution in [3.63, 3.8) is 0 Å². The van der Waals surface area contributed by atoms with Crippen LogP contribution in [0.4, 0.5) is 0 Å². The first kappa shape index (κ1) is 16.2. The van der Waals surface area contributed by atoms with E-state index in [0.29, 0.717) is 11.5 Å². The highest BCUT2D eigenvalue weighted by Crippen LogP contribution is 2.21. The quantitative estimate of drug-likeness (QED) is 0.730. The van der Waals surface area contributed by atoms with E-state index in [1.54, 1.807) is 0 Å². The fourth-order valence-corrected chi connectivity index (χ4v) is 2.09. The Labute approximate surface area is 119 Å². The zero-order valence-electron chi connectivity index (χ0n) is 13.6. The van der Waals surface area contributed by atoms with Gasteiger partial charge >= 0.3 is 0 Å². The van der Waals surface area contributed by atoms with Gasteiger partial charge in [0.2, 0.25) is 0 Å². The molecule has 1 unspecified atom stereocenters. The molecule has 0 fully saturated rings. The molecular formula is C18H31N. The third-order valence-corrected chi connectivity index (χ3v) is 3.97. The number of rotatable bonds is 7. The Morgan fingerprint density at radius 1 is 1.05 bits per heavy atom. The molecule has 0 bridgehead atoms. The van der Waals surface area contributed by atoms with Gasteiger partial charge in [0.1, 0.15) is 0 Å². The molecule has 0 saturated carbocycles. The van der Waals surface area contributed by atoms with Crippen molar-refractivity contribution < 1.29 is 0 Å². The van der Waals surface area contributed by atoms with E-state index < -0.39 is 0 Å². The summed E-state index contributed by atoms with van der Waals surface area (Å²) in [4.78, 5) is 0. The molecule has 0 amide bonds. The van der Waals surface area contributed by atoms with Crippen molar-refractivity contribution in [2.24, 2.45) is 11.3 Å². The van der Waals surface area contributed by atoms with E-state index in [0.717, 1.165) is 12.5 Å². The fourth-order valence-electron chi connectivity index (χ4n) is 2.09. The van der Waals surface area contributed by atoms with Gasteiger partial charge in [-0.2, -0.15) is 0 Å². The summed E-state index contributed by atoms with van der Waals surface area (Å²) in [6.45, 7) is 14.8. The maximum atomic E-state index is 3.65. The predicted molar refractivity (Wildman–Crippen MR) is 85.5 cm³/mol. The number of hydrogen-bond acceptors (Lipinski definition) is 1. The van der Waals surface area contributed by atoms with Gasteiger partial charge in [0.05, 0.1) is 0 Å². The zero-order valence-corrected chi connectivity index (χ0v) is 13.6. The monoisotopic (exact) mass is 261 g/mol. The van der Waals surface area contributed by atoms with E-state index in [-0.39, 0.29) is 0 Å². The van der Waals surface area contributed by atoms with Crippen LogP contribution in [0, 0.1) is 11.3 Å². The summed E-state index contributed by atoms with van der Waals surface area (Å²) >= 11 is 0. The fraction of sp³-hybridized carbons (Fsp3) is 0.667. The minimum absolute atomic E-state index is 0.381. The van der Waals surface area contributed by atoms with E-state index in [2.05, 4.69) is 71.1 Å². The van der Waals surface area contributed by atoms with Crippen LogP contribution in [0.15, 0.2) is 24.3 Å². The summed E-state index contributed by atoms with van der Waals surface area (Å²) in [5.74, 6) is 0.728. The first-order chi connectivity index (χ1) is 8.84. The van der Waals surface area contributed by atoms with E-state index in [4.69, 9.17) is 0 Å². The first-order valence-corrected chi connectivity index (χ1v) is 7.66. The smallest absolute Gasteiger partial charge is 0.0292 e. The van der Waals surface area contributed by atoms with Crippen LogP contribution >= 0.6 is 0 Å². The molecule has 0 saturated heterocycles.